The number of nitrogens with zero attached hydrogens (tertiary/aromatic N) is 3. The maximum absolute atomic E-state index is 14.2. The zero-order valence-corrected chi connectivity index (χ0v) is 24.1. The summed E-state index contributed by atoms with van der Waals surface area (Å²) < 4.78 is 34.9. The number of para-hydroxylation sites is 1. The fourth-order valence-electron chi connectivity index (χ4n) is 5.53. The van der Waals surface area contributed by atoms with Gasteiger partial charge in [0.1, 0.15) is 16.7 Å². The highest BCUT2D eigenvalue weighted by Gasteiger charge is 2.43. The van der Waals surface area contributed by atoms with E-state index >= 15 is 0 Å². The number of furan rings is 1. The standard InChI is InChI=1S/C33H30N4O5S/c38-32(35-22-27-16-9-21-42-27)28-23-36(33(39)30(24-10-3-1-4-11-24)25-12-5-2-6-13-25)19-20-37(28)43(40,41)29-17-7-14-26-15-8-18-34-31(26)29/h1-18,21,28,30H,19-20,22-23H2,(H,35,38). The molecule has 0 aliphatic carbocycles. The molecule has 1 N–H and O–H groups in total. The van der Waals surface area contributed by atoms with Crippen molar-refractivity contribution in [1.82, 2.24) is 19.5 Å². The second-order valence-electron chi connectivity index (χ2n) is 10.3. The van der Waals surface area contributed by atoms with Gasteiger partial charge in [-0.3, -0.25) is 14.6 Å². The summed E-state index contributed by atoms with van der Waals surface area (Å²) in [6.45, 7) is 0.0217. The number of hydrogen-bond acceptors (Lipinski definition) is 6. The van der Waals surface area contributed by atoms with Crippen molar-refractivity contribution in [3.63, 3.8) is 0 Å². The Morgan fingerprint density at radius 2 is 1.56 bits per heavy atom. The lowest BCUT2D eigenvalue weighted by atomic mass is 9.89. The van der Waals surface area contributed by atoms with Gasteiger partial charge in [-0.05, 0) is 35.4 Å². The molecule has 1 atom stereocenters. The molecule has 43 heavy (non-hydrogen) atoms. The molecule has 1 aliphatic rings. The molecule has 0 spiro atoms. The van der Waals surface area contributed by atoms with E-state index < -0.39 is 27.9 Å². The number of hydrogen-bond donors (Lipinski definition) is 1. The van der Waals surface area contributed by atoms with Gasteiger partial charge >= 0.3 is 0 Å². The minimum absolute atomic E-state index is 0.0145. The number of sulfonamides is 1. The number of aromatic nitrogens is 1. The molecule has 0 radical (unpaired) electrons. The van der Waals surface area contributed by atoms with Crippen LogP contribution in [0.4, 0.5) is 0 Å². The summed E-state index contributed by atoms with van der Waals surface area (Å²) in [5, 5.41) is 3.48. The van der Waals surface area contributed by atoms with E-state index in [9.17, 15) is 18.0 Å². The number of rotatable bonds is 8. The van der Waals surface area contributed by atoms with Crippen LogP contribution in [0.5, 0.6) is 0 Å². The van der Waals surface area contributed by atoms with Crippen molar-refractivity contribution >= 4 is 32.7 Å². The average Bonchev–Trinajstić information content (AvgIpc) is 3.58. The fourth-order valence-corrected chi connectivity index (χ4v) is 7.27. The monoisotopic (exact) mass is 594 g/mol. The van der Waals surface area contributed by atoms with Gasteiger partial charge in [0.05, 0.1) is 24.2 Å². The van der Waals surface area contributed by atoms with Gasteiger partial charge in [0, 0.05) is 31.2 Å². The summed E-state index contributed by atoms with van der Waals surface area (Å²) in [7, 11) is -4.18. The topological polar surface area (TPSA) is 113 Å². The number of benzene rings is 3. The number of fused-ring (bicyclic) bond motifs is 1. The minimum atomic E-state index is -4.18. The predicted octanol–water partition coefficient (Wildman–Crippen LogP) is 4.18. The molecule has 10 heteroatoms. The number of amides is 2. The SMILES string of the molecule is O=C(NCc1ccco1)C1CN(C(=O)C(c2ccccc2)c2ccccc2)CCN1S(=O)(=O)c1cccc2cccnc12. The van der Waals surface area contributed by atoms with Crippen molar-refractivity contribution in [3.8, 4) is 0 Å². The van der Waals surface area contributed by atoms with Crippen LogP contribution in [0.15, 0.2) is 125 Å². The van der Waals surface area contributed by atoms with E-state index in [1.807, 2.05) is 60.7 Å². The molecule has 1 unspecified atom stereocenters. The molecule has 0 bridgehead atoms. The molecule has 2 amide bonds. The van der Waals surface area contributed by atoms with Crippen molar-refractivity contribution in [3.05, 3.63) is 132 Å². The fraction of sp³-hybridized carbons (Fsp3) is 0.182. The third-order valence-corrected chi connectivity index (χ3v) is 9.60. The highest BCUT2D eigenvalue weighted by molar-refractivity contribution is 7.89. The van der Waals surface area contributed by atoms with E-state index in [4.69, 9.17) is 4.42 Å². The molecule has 0 saturated carbocycles. The summed E-state index contributed by atoms with van der Waals surface area (Å²) in [6, 6.07) is 29.6. The lowest BCUT2D eigenvalue weighted by Gasteiger charge is -2.40. The number of carbonyl (C=O) groups excluding carboxylic acids is 2. The molecule has 3 heterocycles. The van der Waals surface area contributed by atoms with E-state index in [0.717, 1.165) is 11.1 Å². The first-order chi connectivity index (χ1) is 20.9. The van der Waals surface area contributed by atoms with Crippen LogP contribution in [0.1, 0.15) is 22.8 Å². The maximum atomic E-state index is 14.2. The first-order valence-corrected chi connectivity index (χ1v) is 15.4. The summed E-state index contributed by atoms with van der Waals surface area (Å²) in [5.41, 5.74) is 1.95. The van der Waals surface area contributed by atoms with E-state index in [-0.39, 0.29) is 37.0 Å². The normalized spacial score (nSPS) is 15.9. The second kappa shape index (κ2) is 12.2. The third-order valence-electron chi connectivity index (χ3n) is 7.66. The average molecular weight is 595 g/mol. The van der Waals surface area contributed by atoms with Crippen molar-refractivity contribution in [2.75, 3.05) is 19.6 Å². The first-order valence-electron chi connectivity index (χ1n) is 14.0. The molecule has 3 aromatic carbocycles. The molecule has 1 aliphatic heterocycles. The molecule has 1 saturated heterocycles. The van der Waals surface area contributed by atoms with Crippen LogP contribution in [-0.4, -0.2) is 60.1 Å². The Bertz CT molecular complexity index is 1780. The lowest BCUT2D eigenvalue weighted by Crippen LogP contribution is -2.61. The Labute approximate surface area is 249 Å². The summed E-state index contributed by atoms with van der Waals surface area (Å²) >= 11 is 0. The summed E-state index contributed by atoms with van der Waals surface area (Å²) in [4.78, 5) is 33.9. The van der Waals surface area contributed by atoms with Crippen LogP contribution in [0.25, 0.3) is 10.9 Å². The van der Waals surface area contributed by atoms with E-state index in [0.29, 0.717) is 16.7 Å². The van der Waals surface area contributed by atoms with Crippen LogP contribution in [-0.2, 0) is 26.2 Å². The smallest absolute Gasteiger partial charge is 0.246 e. The third kappa shape index (κ3) is 5.79. The van der Waals surface area contributed by atoms with Gasteiger partial charge in [0.25, 0.3) is 0 Å². The van der Waals surface area contributed by atoms with Gasteiger partial charge in [0.2, 0.25) is 21.8 Å². The van der Waals surface area contributed by atoms with Gasteiger partial charge in [-0.25, -0.2) is 8.42 Å². The van der Waals surface area contributed by atoms with E-state index in [1.165, 1.54) is 16.6 Å². The Kier molecular flexibility index (Phi) is 8.04. The van der Waals surface area contributed by atoms with E-state index in [1.54, 1.807) is 47.5 Å². The van der Waals surface area contributed by atoms with Crippen molar-refractivity contribution in [2.45, 2.75) is 23.4 Å². The van der Waals surface area contributed by atoms with Gasteiger partial charge in [-0.15, -0.1) is 0 Å². The van der Waals surface area contributed by atoms with Crippen molar-refractivity contribution < 1.29 is 22.4 Å². The number of carbonyl (C=O) groups is 2. The van der Waals surface area contributed by atoms with Gasteiger partial charge in [-0.1, -0.05) is 78.9 Å². The number of nitrogens with one attached hydrogen (secondary N) is 1. The quantitative estimate of drug-likeness (QED) is 0.289. The molecule has 9 nitrogen and oxygen atoms in total. The highest BCUT2D eigenvalue weighted by atomic mass is 32.2. The molecule has 218 valence electrons. The van der Waals surface area contributed by atoms with Crippen molar-refractivity contribution in [1.29, 1.82) is 0 Å². The molecule has 2 aromatic heterocycles. The Morgan fingerprint density at radius 1 is 0.860 bits per heavy atom. The predicted molar refractivity (Wildman–Crippen MR) is 161 cm³/mol. The second-order valence-corrected chi connectivity index (χ2v) is 12.2. The molecular formula is C33H30N4O5S. The van der Waals surface area contributed by atoms with Crippen molar-refractivity contribution in [2.24, 2.45) is 0 Å². The van der Waals surface area contributed by atoms with Crippen LogP contribution in [0.2, 0.25) is 0 Å². The number of piperazine rings is 1. The molecule has 6 rings (SSSR count). The Morgan fingerprint density at radius 3 is 2.23 bits per heavy atom. The zero-order valence-electron chi connectivity index (χ0n) is 23.2. The van der Waals surface area contributed by atoms with E-state index in [2.05, 4.69) is 10.3 Å². The van der Waals surface area contributed by atoms with Crippen LogP contribution < -0.4 is 5.32 Å². The van der Waals surface area contributed by atoms with Gasteiger partial charge in [-0.2, -0.15) is 4.31 Å². The van der Waals surface area contributed by atoms with Gasteiger partial charge in [0.15, 0.2) is 0 Å². The minimum Gasteiger partial charge on any atom is -0.467 e. The maximum Gasteiger partial charge on any atom is 0.246 e. The molecule has 1 fully saturated rings. The number of pyridine rings is 1. The van der Waals surface area contributed by atoms with Crippen LogP contribution in [0.3, 0.4) is 0 Å². The largest absolute Gasteiger partial charge is 0.467 e. The highest BCUT2D eigenvalue weighted by Crippen LogP contribution is 2.31. The Balaban J connectivity index is 1.35. The van der Waals surface area contributed by atoms with Gasteiger partial charge < -0.3 is 14.6 Å². The summed E-state index contributed by atoms with van der Waals surface area (Å²) in [5.74, 6) is -0.815. The lowest BCUT2D eigenvalue weighted by molar-refractivity contribution is -0.136. The summed E-state index contributed by atoms with van der Waals surface area (Å²) in [6.07, 6.45) is 3.04. The first kappa shape index (κ1) is 28.3. The van der Waals surface area contributed by atoms with Crippen LogP contribution in [0, 0.1) is 0 Å². The zero-order chi connectivity index (χ0) is 29.8. The van der Waals surface area contributed by atoms with Crippen LogP contribution >= 0.6 is 0 Å². The molecule has 5 aromatic rings. The molecular weight excluding hydrogens is 564 g/mol. The Hall–Kier alpha value is -4.80.